The Morgan fingerprint density at radius 3 is 2.73 bits per heavy atom. The number of nitrogens with zero attached hydrogens (tertiary/aromatic N) is 4. The van der Waals surface area contributed by atoms with E-state index in [-0.39, 0.29) is 0 Å². The lowest BCUT2D eigenvalue weighted by Crippen LogP contribution is -2.40. The van der Waals surface area contributed by atoms with Gasteiger partial charge in [0.1, 0.15) is 5.82 Å². The molecule has 1 saturated heterocycles. The predicted molar refractivity (Wildman–Crippen MR) is 129 cm³/mol. The van der Waals surface area contributed by atoms with Crippen molar-refractivity contribution in [2.24, 2.45) is 5.92 Å². The van der Waals surface area contributed by atoms with Gasteiger partial charge in [0.2, 0.25) is 10.0 Å². The zero-order chi connectivity index (χ0) is 22.6. The minimum Gasteiger partial charge on any atom is -0.379 e. The molecule has 176 valence electrons. The maximum atomic E-state index is 13.2. The summed E-state index contributed by atoms with van der Waals surface area (Å²) >= 11 is 1.89. The van der Waals surface area contributed by atoms with Crippen molar-refractivity contribution in [1.82, 2.24) is 18.8 Å². The molecule has 1 aliphatic carbocycles. The van der Waals surface area contributed by atoms with Crippen LogP contribution < -0.4 is 0 Å². The first-order valence-corrected chi connectivity index (χ1v) is 14.3. The molecule has 0 N–H and O–H groups in total. The summed E-state index contributed by atoms with van der Waals surface area (Å²) in [5, 5.41) is 2.24. The molecular weight excluding hydrogens is 456 g/mol. The van der Waals surface area contributed by atoms with E-state index in [2.05, 4.69) is 27.8 Å². The average molecular weight is 487 g/mol. The van der Waals surface area contributed by atoms with Gasteiger partial charge in [-0.2, -0.15) is 4.31 Å². The Morgan fingerprint density at radius 2 is 1.97 bits per heavy atom. The minimum atomic E-state index is -3.53. The van der Waals surface area contributed by atoms with Crippen molar-refractivity contribution in [2.75, 3.05) is 32.8 Å². The van der Waals surface area contributed by atoms with E-state index in [1.54, 1.807) is 17.0 Å². The van der Waals surface area contributed by atoms with Crippen molar-refractivity contribution >= 4 is 32.4 Å². The molecule has 9 heteroatoms. The molecule has 1 aromatic carbocycles. The number of thiophene rings is 1. The Bertz CT molecular complexity index is 1270. The van der Waals surface area contributed by atoms with E-state index in [1.165, 1.54) is 22.7 Å². The van der Waals surface area contributed by atoms with Crippen molar-refractivity contribution in [1.29, 1.82) is 0 Å². The quantitative estimate of drug-likeness (QED) is 0.532. The highest BCUT2D eigenvalue weighted by Gasteiger charge is 2.40. The minimum absolute atomic E-state index is 0.320. The molecule has 33 heavy (non-hydrogen) atoms. The number of benzene rings is 1. The van der Waals surface area contributed by atoms with Crippen LogP contribution in [0.25, 0.3) is 11.0 Å². The molecule has 4 heterocycles. The summed E-state index contributed by atoms with van der Waals surface area (Å²) in [5.41, 5.74) is 3.29. The van der Waals surface area contributed by atoms with E-state index in [4.69, 9.17) is 9.72 Å². The first kappa shape index (κ1) is 21.7. The fourth-order valence-corrected chi connectivity index (χ4v) is 7.79. The number of sulfonamides is 1. The lowest BCUT2D eigenvalue weighted by atomic mass is 9.96. The maximum Gasteiger partial charge on any atom is 0.243 e. The van der Waals surface area contributed by atoms with Gasteiger partial charge in [-0.3, -0.25) is 4.90 Å². The topological polar surface area (TPSA) is 67.7 Å². The summed E-state index contributed by atoms with van der Waals surface area (Å²) in [6.45, 7) is 6.48. The third kappa shape index (κ3) is 3.83. The molecule has 6 rings (SSSR count). The van der Waals surface area contributed by atoms with Gasteiger partial charge in [-0.15, -0.1) is 11.3 Å². The van der Waals surface area contributed by atoms with Crippen LogP contribution in [0.3, 0.4) is 0 Å². The van der Waals surface area contributed by atoms with Gasteiger partial charge in [0, 0.05) is 37.1 Å². The summed E-state index contributed by atoms with van der Waals surface area (Å²) in [6.07, 6.45) is 3.72. The highest BCUT2D eigenvalue weighted by molar-refractivity contribution is 7.89. The third-order valence-corrected chi connectivity index (χ3v) is 10.1. The van der Waals surface area contributed by atoms with Crippen LogP contribution in [0.2, 0.25) is 0 Å². The Morgan fingerprint density at radius 1 is 1.15 bits per heavy atom. The Hall–Kier alpha value is -1.78. The van der Waals surface area contributed by atoms with Crippen molar-refractivity contribution in [3.8, 4) is 0 Å². The first-order valence-electron chi connectivity index (χ1n) is 11.9. The smallest absolute Gasteiger partial charge is 0.243 e. The number of ether oxygens (including phenoxy) is 1. The van der Waals surface area contributed by atoms with Crippen LogP contribution in [0.4, 0.5) is 0 Å². The van der Waals surface area contributed by atoms with Crippen LogP contribution in [0.5, 0.6) is 0 Å². The zero-order valence-electron chi connectivity index (χ0n) is 18.9. The second-order valence-electron chi connectivity index (χ2n) is 9.24. The van der Waals surface area contributed by atoms with Crippen molar-refractivity contribution in [3.63, 3.8) is 0 Å². The number of morpholine rings is 1. The molecular formula is C24H30N4O3S2. The van der Waals surface area contributed by atoms with E-state index in [9.17, 15) is 8.42 Å². The van der Waals surface area contributed by atoms with E-state index in [0.29, 0.717) is 37.2 Å². The molecule has 7 nitrogen and oxygen atoms in total. The third-order valence-electron chi connectivity index (χ3n) is 7.25. The molecule has 1 atom stereocenters. The number of hydrogen-bond donors (Lipinski definition) is 0. The van der Waals surface area contributed by atoms with Crippen molar-refractivity contribution < 1.29 is 13.2 Å². The molecule has 2 aromatic heterocycles. The van der Waals surface area contributed by atoms with Crippen LogP contribution in [0.15, 0.2) is 34.5 Å². The molecule has 3 aromatic rings. The Balaban J connectivity index is 1.33. The number of aryl methyl sites for hydroxylation is 1. The summed E-state index contributed by atoms with van der Waals surface area (Å²) < 4.78 is 35.4. The molecule has 0 spiro atoms. The summed E-state index contributed by atoms with van der Waals surface area (Å²) in [5.74, 6) is 1.78. The SMILES string of the molecule is CCn1c(CN2CCc3sccc3C2C2CC2)nc2cc(S(=O)(=O)N3CCOCC3)ccc21. The fraction of sp³-hybridized carbons (Fsp3) is 0.542. The van der Waals surface area contributed by atoms with Gasteiger partial charge in [0.15, 0.2) is 0 Å². The number of hydrogen-bond acceptors (Lipinski definition) is 6. The van der Waals surface area contributed by atoms with Crippen LogP contribution in [0, 0.1) is 5.92 Å². The average Bonchev–Trinajstić information content (AvgIpc) is 3.44. The lowest BCUT2D eigenvalue weighted by Gasteiger charge is -2.36. The van der Waals surface area contributed by atoms with E-state index in [0.717, 1.165) is 48.8 Å². The Labute approximate surface area is 199 Å². The van der Waals surface area contributed by atoms with E-state index >= 15 is 0 Å². The maximum absolute atomic E-state index is 13.2. The molecule has 0 radical (unpaired) electrons. The molecule has 0 bridgehead atoms. The zero-order valence-corrected chi connectivity index (χ0v) is 20.6. The van der Waals surface area contributed by atoms with Gasteiger partial charge in [0.05, 0.1) is 35.7 Å². The van der Waals surface area contributed by atoms with Crippen molar-refractivity contribution in [3.05, 3.63) is 45.9 Å². The van der Waals surface area contributed by atoms with Gasteiger partial charge in [-0.05, 0) is 67.3 Å². The summed E-state index contributed by atoms with van der Waals surface area (Å²) in [7, 11) is -3.53. The monoisotopic (exact) mass is 486 g/mol. The van der Waals surface area contributed by atoms with Crippen LogP contribution in [-0.2, 0) is 34.3 Å². The normalized spacial score (nSPS) is 22.6. The number of imidazole rings is 1. The van der Waals surface area contributed by atoms with Gasteiger partial charge in [-0.25, -0.2) is 13.4 Å². The second kappa shape index (κ2) is 8.46. The number of aromatic nitrogens is 2. The molecule has 0 amide bonds. The number of rotatable bonds is 6. The van der Waals surface area contributed by atoms with Crippen molar-refractivity contribution in [2.45, 2.75) is 50.2 Å². The fourth-order valence-electron chi connectivity index (χ4n) is 5.45. The lowest BCUT2D eigenvalue weighted by molar-refractivity contribution is 0.0730. The Kier molecular flexibility index (Phi) is 5.57. The molecule has 1 saturated carbocycles. The van der Waals surface area contributed by atoms with E-state index < -0.39 is 10.0 Å². The number of fused-ring (bicyclic) bond motifs is 2. The highest BCUT2D eigenvalue weighted by Crippen LogP contribution is 2.48. The summed E-state index contributed by atoms with van der Waals surface area (Å²) in [6, 6.07) is 8.22. The molecule has 1 unspecified atom stereocenters. The molecule has 2 fully saturated rings. The van der Waals surface area contributed by atoms with Gasteiger partial charge < -0.3 is 9.30 Å². The second-order valence-corrected chi connectivity index (χ2v) is 12.2. The standard InChI is InChI=1S/C24H30N4O3S2/c1-2-28-21-6-5-18(33(29,30)27-10-12-31-13-11-27)15-20(21)25-23(28)16-26-9-7-22-19(8-14-32-22)24(26)17-3-4-17/h5-6,8,14-15,17,24H,2-4,7,9-13,16H2,1H3. The van der Waals surface area contributed by atoms with Crippen LogP contribution in [-0.4, -0.2) is 60.0 Å². The summed E-state index contributed by atoms with van der Waals surface area (Å²) in [4.78, 5) is 9.44. The molecule has 2 aliphatic heterocycles. The highest BCUT2D eigenvalue weighted by atomic mass is 32.2. The largest absolute Gasteiger partial charge is 0.379 e. The first-order chi connectivity index (χ1) is 16.1. The van der Waals surface area contributed by atoms with Crippen LogP contribution >= 0.6 is 11.3 Å². The molecule has 3 aliphatic rings. The van der Waals surface area contributed by atoms with Gasteiger partial charge >= 0.3 is 0 Å². The van der Waals surface area contributed by atoms with Gasteiger partial charge in [-0.1, -0.05) is 0 Å². The van der Waals surface area contributed by atoms with Crippen LogP contribution in [0.1, 0.15) is 42.1 Å². The van der Waals surface area contributed by atoms with Gasteiger partial charge in [0.25, 0.3) is 0 Å². The van der Waals surface area contributed by atoms with E-state index in [1.807, 2.05) is 17.4 Å². The predicted octanol–water partition coefficient (Wildman–Crippen LogP) is 3.65.